The highest BCUT2D eigenvalue weighted by Crippen LogP contribution is 2.26. The number of aryl methyl sites for hydroxylation is 1. The van der Waals surface area contributed by atoms with Gasteiger partial charge in [-0.25, -0.2) is 0 Å². The molecule has 118 valence electrons. The van der Waals surface area contributed by atoms with E-state index in [2.05, 4.69) is 23.5 Å². The van der Waals surface area contributed by atoms with Gasteiger partial charge in [0.05, 0.1) is 5.56 Å². The topological polar surface area (TPSA) is 45.0 Å². The molecule has 0 bridgehead atoms. The molecule has 1 unspecified atom stereocenters. The second-order valence-electron chi connectivity index (χ2n) is 6.04. The molecule has 1 aliphatic rings. The van der Waals surface area contributed by atoms with Gasteiger partial charge >= 0.3 is 0 Å². The summed E-state index contributed by atoms with van der Waals surface area (Å²) in [5.41, 5.74) is 1.84. The van der Waals surface area contributed by atoms with E-state index in [0.29, 0.717) is 17.4 Å². The SMILES string of the molecule is N#Cc1ccccc1Oc1cccc(CCC2CCCCN2)c1. The zero-order valence-electron chi connectivity index (χ0n) is 13.3. The minimum atomic E-state index is 0.560. The molecule has 1 heterocycles. The van der Waals surface area contributed by atoms with Crippen LogP contribution in [0.4, 0.5) is 0 Å². The first-order valence-corrected chi connectivity index (χ1v) is 8.34. The van der Waals surface area contributed by atoms with Crippen LogP contribution in [0, 0.1) is 11.3 Å². The van der Waals surface area contributed by atoms with Gasteiger partial charge in [-0.15, -0.1) is 0 Å². The van der Waals surface area contributed by atoms with Crippen LogP contribution in [-0.2, 0) is 6.42 Å². The summed E-state index contributed by atoms with van der Waals surface area (Å²) in [7, 11) is 0. The third-order valence-corrected chi connectivity index (χ3v) is 4.33. The van der Waals surface area contributed by atoms with Crippen molar-refractivity contribution in [3.63, 3.8) is 0 Å². The summed E-state index contributed by atoms with van der Waals surface area (Å²) in [6, 6.07) is 18.3. The molecule has 0 saturated carbocycles. The molecule has 2 aromatic rings. The normalized spacial score (nSPS) is 17.4. The molecule has 0 radical (unpaired) electrons. The lowest BCUT2D eigenvalue weighted by atomic mass is 9.98. The first-order chi connectivity index (χ1) is 11.3. The molecule has 0 amide bonds. The molecule has 1 atom stereocenters. The van der Waals surface area contributed by atoms with Crippen molar-refractivity contribution >= 4 is 0 Å². The van der Waals surface area contributed by atoms with E-state index < -0.39 is 0 Å². The Labute approximate surface area is 137 Å². The number of para-hydroxylation sites is 1. The smallest absolute Gasteiger partial charge is 0.145 e. The lowest BCUT2D eigenvalue weighted by Gasteiger charge is -2.23. The number of hydrogen-bond acceptors (Lipinski definition) is 3. The van der Waals surface area contributed by atoms with E-state index in [1.807, 2.05) is 30.3 Å². The molecule has 0 spiro atoms. The fraction of sp³-hybridized carbons (Fsp3) is 0.350. The van der Waals surface area contributed by atoms with E-state index in [9.17, 15) is 0 Å². The molecule has 0 aromatic heterocycles. The molecule has 2 aromatic carbocycles. The Bertz CT molecular complexity index is 684. The van der Waals surface area contributed by atoms with Crippen molar-refractivity contribution in [3.05, 3.63) is 59.7 Å². The summed E-state index contributed by atoms with van der Waals surface area (Å²) in [6.07, 6.45) is 6.14. The van der Waals surface area contributed by atoms with Gasteiger partial charge in [0, 0.05) is 6.04 Å². The summed E-state index contributed by atoms with van der Waals surface area (Å²) in [6.45, 7) is 1.15. The van der Waals surface area contributed by atoms with Gasteiger partial charge in [-0.2, -0.15) is 5.26 Å². The average molecular weight is 306 g/mol. The predicted octanol–water partition coefficient (Wildman–Crippen LogP) is 4.43. The summed E-state index contributed by atoms with van der Waals surface area (Å²) in [5.74, 6) is 1.41. The number of nitrogens with one attached hydrogen (secondary N) is 1. The van der Waals surface area contributed by atoms with Gasteiger partial charge in [-0.1, -0.05) is 30.7 Å². The van der Waals surface area contributed by atoms with Gasteiger partial charge in [0.15, 0.2) is 0 Å². The van der Waals surface area contributed by atoms with Crippen LogP contribution in [0.1, 0.15) is 36.8 Å². The van der Waals surface area contributed by atoms with Crippen LogP contribution < -0.4 is 10.1 Å². The monoisotopic (exact) mass is 306 g/mol. The van der Waals surface area contributed by atoms with E-state index in [1.54, 1.807) is 6.07 Å². The molecule has 3 heteroatoms. The molecular weight excluding hydrogens is 284 g/mol. The molecule has 1 fully saturated rings. The van der Waals surface area contributed by atoms with E-state index in [1.165, 1.54) is 24.8 Å². The first-order valence-electron chi connectivity index (χ1n) is 8.34. The summed E-state index contributed by atoms with van der Waals surface area (Å²) in [5, 5.41) is 12.7. The van der Waals surface area contributed by atoms with Gasteiger partial charge < -0.3 is 10.1 Å². The third-order valence-electron chi connectivity index (χ3n) is 4.33. The Kier molecular flexibility index (Phi) is 5.29. The lowest BCUT2D eigenvalue weighted by Crippen LogP contribution is -2.34. The van der Waals surface area contributed by atoms with E-state index in [4.69, 9.17) is 10.00 Å². The van der Waals surface area contributed by atoms with E-state index in [-0.39, 0.29) is 0 Å². The quantitative estimate of drug-likeness (QED) is 0.889. The summed E-state index contributed by atoms with van der Waals surface area (Å²) < 4.78 is 5.89. The summed E-state index contributed by atoms with van der Waals surface area (Å²) in [4.78, 5) is 0. The van der Waals surface area contributed by atoms with Gasteiger partial charge in [0.1, 0.15) is 17.6 Å². The van der Waals surface area contributed by atoms with Crippen LogP contribution in [0.25, 0.3) is 0 Å². The molecule has 1 N–H and O–H groups in total. The van der Waals surface area contributed by atoms with Crippen LogP contribution in [0.2, 0.25) is 0 Å². The maximum absolute atomic E-state index is 9.14. The largest absolute Gasteiger partial charge is 0.456 e. The van der Waals surface area contributed by atoms with Crippen LogP contribution in [0.5, 0.6) is 11.5 Å². The van der Waals surface area contributed by atoms with E-state index >= 15 is 0 Å². The van der Waals surface area contributed by atoms with Crippen molar-refractivity contribution in [2.24, 2.45) is 0 Å². The Hall–Kier alpha value is -2.31. The zero-order chi connectivity index (χ0) is 15.9. The minimum Gasteiger partial charge on any atom is -0.456 e. The van der Waals surface area contributed by atoms with Gasteiger partial charge in [0.25, 0.3) is 0 Å². The standard InChI is InChI=1S/C20H22N2O/c21-15-17-7-1-2-10-20(17)23-19-9-5-6-16(14-19)11-12-18-8-3-4-13-22-18/h1-2,5-7,9-10,14,18,22H,3-4,8,11-13H2. The Balaban J connectivity index is 1.64. The Morgan fingerprint density at radius 1 is 1.13 bits per heavy atom. The fourth-order valence-electron chi connectivity index (χ4n) is 3.05. The molecule has 3 rings (SSSR count). The van der Waals surface area contributed by atoms with Crippen molar-refractivity contribution in [1.82, 2.24) is 5.32 Å². The van der Waals surface area contributed by atoms with Crippen LogP contribution in [0.3, 0.4) is 0 Å². The number of nitrogens with zero attached hydrogens (tertiary/aromatic N) is 1. The number of benzene rings is 2. The van der Waals surface area contributed by atoms with Crippen molar-refractivity contribution < 1.29 is 4.74 Å². The fourth-order valence-corrected chi connectivity index (χ4v) is 3.05. The number of ether oxygens (including phenoxy) is 1. The lowest BCUT2D eigenvalue weighted by molar-refractivity contribution is 0.382. The number of rotatable bonds is 5. The van der Waals surface area contributed by atoms with Crippen molar-refractivity contribution in [2.75, 3.05) is 6.54 Å². The Morgan fingerprint density at radius 2 is 2.04 bits per heavy atom. The summed E-state index contributed by atoms with van der Waals surface area (Å²) >= 11 is 0. The molecule has 0 aliphatic carbocycles. The molecule has 23 heavy (non-hydrogen) atoms. The third kappa shape index (κ3) is 4.34. The molecule has 1 saturated heterocycles. The zero-order valence-corrected chi connectivity index (χ0v) is 13.3. The highest BCUT2D eigenvalue weighted by molar-refractivity contribution is 5.45. The van der Waals surface area contributed by atoms with E-state index in [0.717, 1.165) is 25.1 Å². The van der Waals surface area contributed by atoms with Crippen molar-refractivity contribution in [3.8, 4) is 17.6 Å². The highest BCUT2D eigenvalue weighted by atomic mass is 16.5. The van der Waals surface area contributed by atoms with Crippen molar-refractivity contribution in [2.45, 2.75) is 38.1 Å². The number of piperidine rings is 1. The maximum atomic E-state index is 9.14. The highest BCUT2D eigenvalue weighted by Gasteiger charge is 2.12. The van der Waals surface area contributed by atoms with Gasteiger partial charge in [0.2, 0.25) is 0 Å². The number of nitriles is 1. The van der Waals surface area contributed by atoms with Crippen LogP contribution >= 0.6 is 0 Å². The first kappa shape index (κ1) is 15.6. The molecule has 3 nitrogen and oxygen atoms in total. The van der Waals surface area contributed by atoms with Crippen molar-refractivity contribution in [1.29, 1.82) is 5.26 Å². The molecule has 1 aliphatic heterocycles. The average Bonchev–Trinajstić information content (AvgIpc) is 2.62. The van der Waals surface area contributed by atoms with Crippen LogP contribution in [0.15, 0.2) is 48.5 Å². The Morgan fingerprint density at radius 3 is 2.87 bits per heavy atom. The number of hydrogen-bond donors (Lipinski definition) is 1. The van der Waals surface area contributed by atoms with Gasteiger partial charge in [-0.3, -0.25) is 0 Å². The second kappa shape index (κ2) is 7.80. The predicted molar refractivity (Wildman–Crippen MR) is 91.6 cm³/mol. The maximum Gasteiger partial charge on any atom is 0.145 e. The second-order valence-corrected chi connectivity index (χ2v) is 6.04. The molecular formula is C20H22N2O. The van der Waals surface area contributed by atoms with Crippen LogP contribution in [-0.4, -0.2) is 12.6 Å². The van der Waals surface area contributed by atoms with Gasteiger partial charge in [-0.05, 0) is 62.1 Å². The minimum absolute atomic E-state index is 0.560.